The largest absolute Gasteiger partial charge is 0.393 e. The van der Waals surface area contributed by atoms with Crippen LogP contribution in [0.25, 0.3) is 0 Å². The van der Waals surface area contributed by atoms with Gasteiger partial charge in [-0.05, 0) is 12.8 Å². The molecular formula is C12H23NO2S. The molecule has 1 rings (SSSR count). The van der Waals surface area contributed by atoms with E-state index in [1.54, 1.807) is 11.8 Å². The van der Waals surface area contributed by atoms with Gasteiger partial charge in [0.25, 0.3) is 0 Å². The summed E-state index contributed by atoms with van der Waals surface area (Å²) >= 11 is 1.65. The molecule has 0 aromatic heterocycles. The summed E-state index contributed by atoms with van der Waals surface area (Å²) < 4.78 is 0.129. The molecule has 0 aromatic rings. The summed E-state index contributed by atoms with van der Waals surface area (Å²) in [6.45, 7) is 6.94. The lowest BCUT2D eigenvalue weighted by atomic mass is 10.1. The number of carbonyl (C=O) groups excluding carboxylic acids is 1. The van der Waals surface area contributed by atoms with Crippen LogP contribution in [0, 0.1) is 5.92 Å². The van der Waals surface area contributed by atoms with Crippen LogP contribution in [0.3, 0.4) is 0 Å². The van der Waals surface area contributed by atoms with Crippen molar-refractivity contribution in [3.63, 3.8) is 0 Å². The first kappa shape index (κ1) is 13.8. The molecule has 0 spiro atoms. The maximum absolute atomic E-state index is 11.5. The number of hydrogen-bond donors (Lipinski definition) is 2. The Balaban J connectivity index is 2.15. The predicted octanol–water partition coefficient (Wildman–Crippen LogP) is 1.80. The van der Waals surface area contributed by atoms with E-state index in [1.165, 1.54) is 0 Å². The van der Waals surface area contributed by atoms with Crippen molar-refractivity contribution >= 4 is 17.7 Å². The summed E-state index contributed by atoms with van der Waals surface area (Å²) in [5, 5.41) is 12.5. The molecule has 1 fully saturated rings. The molecule has 2 unspecified atom stereocenters. The fraction of sp³-hybridized carbons (Fsp3) is 0.917. The molecule has 1 aliphatic carbocycles. The van der Waals surface area contributed by atoms with Gasteiger partial charge in [0.05, 0.1) is 11.9 Å². The fourth-order valence-corrected chi connectivity index (χ4v) is 2.50. The normalized spacial score (nSPS) is 25.8. The third kappa shape index (κ3) is 5.21. The van der Waals surface area contributed by atoms with E-state index in [9.17, 15) is 9.90 Å². The highest BCUT2D eigenvalue weighted by Crippen LogP contribution is 2.25. The second-order valence-corrected chi connectivity index (χ2v) is 7.27. The molecule has 94 valence electrons. The summed E-state index contributed by atoms with van der Waals surface area (Å²) in [6, 6.07) is 0. The van der Waals surface area contributed by atoms with Gasteiger partial charge >= 0.3 is 0 Å². The van der Waals surface area contributed by atoms with Crippen LogP contribution in [-0.4, -0.2) is 34.2 Å². The van der Waals surface area contributed by atoms with E-state index in [4.69, 9.17) is 0 Å². The number of thioether (sulfide) groups is 1. The Kier molecular flexibility index (Phi) is 5.12. The van der Waals surface area contributed by atoms with Crippen molar-refractivity contribution in [3.05, 3.63) is 0 Å². The van der Waals surface area contributed by atoms with Gasteiger partial charge in [-0.2, -0.15) is 0 Å². The molecular weight excluding hydrogens is 222 g/mol. The average molecular weight is 245 g/mol. The van der Waals surface area contributed by atoms with Gasteiger partial charge in [-0.3, -0.25) is 4.79 Å². The predicted molar refractivity (Wildman–Crippen MR) is 68.6 cm³/mol. The van der Waals surface area contributed by atoms with E-state index in [-0.39, 0.29) is 22.7 Å². The van der Waals surface area contributed by atoms with Crippen LogP contribution < -0.4 is 5.32 Å². The van der Waals surface area contributed by atoms with Crippen LogP contribution in [0.5, 0.6) is 0 Å². The summed E-state index contributed by atoms with van der Waals surface area (Å²) in [5.41, 5.74) is 0. The van der Waals surface area contributed by atoms with Crippen molar-refractivity contribution in [3.8, 4) is 0 Å². The standard InChI is InChI=1S/C12H23NO2S/c1-12(2,3)16-8-11(15)13-7-9-5-4-6-10(9)14/h9-10,14H,4-8H2,1-3H3,(H,13,15). The minimum Gasteiger partial charge on any atom is -0.393 e. The molecule has 1 saturated carbocycles. The Labute approximate surface area is 102 Å². The molecule has 2 atom stereocenters. The molecule has 0 bridgehead atoms. The number of carbonyl (C=O) groups is 1. The van der Waals surface area contributed by atoms with Gasteiger partial charge in [0, 0.05) is 17.2 Å². The first-order chi connectivity index (χ1) is 7.38. The number of rotatable bonds is 4. The highest BCUT2D eigenvalue weighted by atomic mass is 32.2. The molecule has 0 saturated heterocycles. The summed E-state index contributed by atoms with van der Waals surface area (Å²) in [7, 11) is 0. The summed E-state index contributed by atoms with van der Waals surface area (Å²) in [6.07, 6.45) is 2.79. The maximum Gasteiger partial charge on any atom is 0.230 e. The minimum atomic E-state index is -0.212. The van der Waals surface area contributed by atoms with Gasteiger partial charge in [0.15, 0.2) is 0 Å². The van der Waals surface area contributed by atoms with Crippen LogP contribution >= 0.6 is 11.8 Å². The second kappa shape index (κ2) is 5.92. The lowest BCUT2D eigenvalue weighted by molar-refractivity contribution is -0.118. The smallest absolute Gasteiger partial charge is 0.230 e. The Morgan fingerprint density at radius 2 is 2.12 bits per heavy atom. The summed E-state index contributed by atoms with van der Waals surface area (Å²) in [5.74, 6) is 0.856. The maximum atomic E-state index is 11.5. The molecule has 0 radical (unpaired) electrons. The highest BCUT2D eigenvalue weighted by molar-refractivity contribution is 8.01. The topological polar surface area (TPSA) is 49.3 Å². The van der Waals surface area contributed by atoms with Crippen molar-refractivity contribution in [2.24, 2.45) is 5.92 Å². The zero-order chi connectivity index (χ0) is 12.2. The third-order valence-electron chi connectivity index (χ3n) is 2.82. The van der Waals surface area contributed by atoms with Crippen LogP contribution in [-0.2, 0) is 4.79 Å². The first-order valence-corrected chi connectivity index (χ1v) is 6.96. The van der Waals surface area contributed by atoms with Crippen LogP contribution in [0.2, 0.25) is 0 Å². The van der Waals surface area contributed by atoms with Gasteiger partial charge in [-0.25, -0.2) is 0 Å². The third-order valence-corrected chi connectivity index (χ3v) is 4.09. The van der Waals surface area contributed by atoms with Crippen LogP contribution in [0.1, 0.15) is 40.0 Å². The zero-order valence-electron chi connectivity index (χ0n) is 10.5. The van der Waals surface area contributed by atoms with E-state index < -0.39 is 0 Å². The SMILES string of the molecule is CC(C)(C)SCC(=O)NCC1CCCC1O. The molecule has 2 N–H and O–H groups in total. The highest BCUT2D eigenvalue weighted by Gasteiger charge is 2.25. The van der Waals surface area contributed by atoms with Gasteiger partial charge in [-0.1, -0.05) is 27.2 Å². The Bertz CT molecular complexity index is 238. The second-order valence-electron chi connectivity index (χ2n) is 5.46. The molecule has 1 aliphatic rings. The van der Waals surface area contributed by atoms with Crippen molar-refractivity contribution in [2.75, 3.05) is 12.3 Å². The monoisotopic (exact) mass is 245 g/mol. The van der Waals surface area contributed by atoms with Gasteiger partial charge < -0.3 is 10.4 Å². The lowest BCUT2D eigenvalue weighted by Crippen LogP contribution is -2.34. The number of aliphatic hydroxyl groups excluding tert-OH is 1. The first-order valence-electron chi connectivity index (χ1n) is 5.97. The van der Waals surface area contributed by atoms with Gasteiger partial charge in [0.1, 0.15) is 0 Å². The van der Waals surface area contributed by atoms with E-state index >= 15 is 0 Å². The Morgan fingerprint density at radius 3 is 2.62 bits per heavy atom. The van der Waals surface area contributed by atoms with E-state index in [2.05, 4.69) is 26.1 Å². The lowest BCUT2D eigenvalue weighted by Gasteiger charge is -2.18. The number of hydrogen-bond acceptors (Lipinski definition) is 3. The average Bonchev–Trinajstić information content (AvgIpc) is 2.57. The Morgan fingerprint density at radius 1 is 1.44 bits per heavy atom. The summed E-state index contributed by atoms with van der Waals surface area (Å²) in [4.78, 5) is 11.5. The zero-order valence-corrected chi connectivity index (χ0v) is 11.3. The molecule has 0 aliphatic heterocycles. The minimum absolute atomic E-state index is 0.0824. The molecule has 1 amide bonds. The van der Waals surface area contributed by atoms with E-state index in [1.807, 2.05) is 0 Å². The molecule has 0 heterocycles. The van der Waals surface area contributed by atoms with Crippen molar-refractivity contribution in [2.45, 2.75) is 50.9 Å². The molecule has 3 nitrogen and oxygen atoms in total. The Hall–Kier alpha value is -0.220. The van der Waals surface area contributed by atoms with Crippen molar-refractivity contribution in [1.82, 2.24) is 5.32 Å². The quantitative estimate of drug-likeness (QED) is 0.794. The van der Waals surface area contributed by atoms with E-state index in [0.717, 1.165) is 19.3 Å². The fourth-order valence-electron chi connectivity index (χ4n) is 1.83. The van der Waals surface area contributed by atoms with Gasteiger partial charge in [0.2, 0.25) is 5.91 Å². The molecule has 16 heavy (non-hydrogen) atoms. The van der Waals surface area contributed by atoms with E-state index in [0.29, 0.717) is 12.3 Å². The van der Waals surface area contributed by atoms with Crippen LogP contribution in [0.15, 0.2) is 0 Å². The number of nitrogens with one attached hydrogen (secondary N) is 1. The van der Waals surface area contributed by atoms with Crippen LogP contribution in [0.4, 0.5) is 0 Å². The molecule has 4 heteroatoms. The number of amides is 1. The van der Waals surface area contributed by atoms with Crippen molar-refractivity contribution < 1.29 is 9.90 Å². The van der Waals surface area contributed by atoms with Crippen molar-refractivity contribution in [1.29, 1.82) is 0 Å². The van der Waals surface area contributed by atoms with Gasteiger partial charge in [-0.15, -0.1) is 11.8 Å². The molecule has 0 aromatic carbocycles. The number of aliphatic hydroxyl groups is 1.